The molecule has 0 spiro atoms. The van der Waals surface area contributed by atoms with Crippen LogP contribution in [0.15, 0.2) is 30.5 Å². The van der Waals surface area contributed by atoms with Crippen LogP contribution in [0.2, 0.25) is 0 Å². The number of hydrogen-bond acceptors (Lipinski definition) is 4. The summed E-state index contributed by atoms with van der Waals surface area (Å²) >= 11 is 0. The number of alkyl halides is 3. The fourth-order valence-corrected chi connectivity index (χ4v) is 3.39. The lowest BCUT2D eigenvalue weighted by Crippen LogP contribution is -2.32. The fraction of sp³-hybridized carbons (Fsp3) is 0.526. The number of hydrogen-bond donors (Lipinski definition) is 2. The molecule has 9 heteroatoms. The highest BCUT2D eigenvalue weighted by atomic mass is 19.4. The molecule has 1 fully saturated rings. The quantitative estimate of drug-likeness (QED) is 0.815. The van der Waals surface area contributed by atoms with Crippen LogP contribution in [-0.2, 0) is 6.18 Å². The van der Waals surface area contributed by atoms with E-state index in [-0.39, 0.29) is 17.7 Å². The van der Waals surface area contributed by atoms with E-state index >= 15 is 0 Å². The number of nitrogens with zero attached hydrogens (tertiary/aromatic N) is 3. The number of nitrogens with one attached hydrogen (secondary N) is 2. The van der Waals surface area contributed by atoms with Gasteiger partial charge in [-0.3, -0.25) is 4.79 Å². The zero-order valence-electron chi connectivity index (χ0n) is 15.8. The zero-order valence-corrected chi connectivity index (χ0v) is 15.8. The normalized spacial score (nSPS) is 16.9. The van der Waals surface area contributed by atoms with Crippen molar-refractivity contribution in [1.29, 1.82) is 0 Å². The predicted octanol–water partition coefficient (Wildman–Crippen LogP) is 3.35. The van der Waals surface area contributed by atoms with Gasteiger partial charge < -0.3 is 10.6 Å². The Morgan fingerprint density at radius 3 is 2.64 bits per heavy atom. The Morgan fingerprint density at radius 1 is 1.29 bits per heavy atom. The number of carbonyl (C=O) groups excluding carboxylic acids is 1. The fourth-order valence-electron chi connectivity index (χ4n) is 3.39. The van der Waals surface area contributed by atoms with Gasteiger partial charge in [-0.15, -0.1) is 5.10 Å². The van der Waals surface area contributed by atoms with Crippen LogP contribution in [0.5, 0.6) is 0 Å². The molecular weight excluding hydrogens is 371 g/mol. The number of halogens is 3. The Labute approximate surface area is 161 Å². The average molecular weight is 395 g/mol. The molecule has 6 nitrogen and oxygen atoms in total. The molecule has 3 rings (SSSR count). The first-order chi connectivity index (χ1) is 13.3. The van der Waals surface area contributed by atoms with E-state index < -0.39 is 23.7 Å². The van der Waals surface area contributed by atoms with Crippen molar-refractivity contribution in [3.63, 3.8) is 0 Å². The van der Waals surface area contributed by atoms with Crippen molar-refractivity contribution in [1.82, 2.24) is 25.6 Å². The maximum atomic E-state index is 13.0. The van der Waals surface area contributed by atoms with Gasteiger partial charge in [0.1, 0.15) is 0 Å². The number of rotatable bonds is 5. The molecule has 152 valence electrons. The van der Waals surface area contributed by atoms with Crippen LogP contribution in [0, 0.1) is 5.92 Å². The van der Waals surface area contributed by atoms with E-state index in [4.69, 9.17) is 0 Å². The number of amides is 1. The van der Waals surface area contributed by atoms with Crippen LogP contribution in [-0.4, -0.2) is 34.0 Å². The minimum absolute atomic E-state index is 0.105. The van der Waals surface area contributed by atoms with Gasteiger partial charge in [0.2, 0.25) is 0 Å². The van der Waals surface area contributed by atoms with Crippen molar-refractivity contribution in [2.75, 3.05) is 13.1 Å². The lowest BCUT2D eigenvalue weighted by atomic mass is 9.94. The second-order valence-electron chi connectivity index (χ2n) is 7.38. The lowest BCUT2D eigenvalue weighted by molar-refractivity contribution is -0.137. The molecule has 28 heavy (non-hydrogen) atoms. The summed E-state index contributed by atoms with van der Waals surface area (Å²) in [6.07, 6.45) is -1.01. The first-order valence-corrected chi connectivity index (χ1v) is 9.36. The highest BCUT2D eigenvalue weighted by Crippen LogP contribution is 2.32. The van der Waals surface area contributed by atoms with Gasteiger partial charge in [0.25, 0.3) is 5.91 Å². The van der Waals surface area contributed by atoms with E-state index in [1.54, 1.807) is 16.9 Å². The number of benzene rings is 1. The monoisotopic (exact) mass is 395 g/mol. The molecule has 1 aromatic heterocycles. The molecule has 2 aromatic rings. The molecule has 1 aromatic carbocycles. The summed E-state index contributed by atoms with van der Waals surface area (Å²) in [5.41, 5.74) is -0.165. The maximum Gasteiger partial charge on any atom is 0.416 e. The largest absolute Gasteiger partial charge is 0.416 e. The summed E-state index contributed by atoms with van der Waals surface area (Å²) in [7, 11) is 0. The van der Waals surface area contributed by atoms with Gasteiger partial charge in [-0.2, -0.15) is 13.2 Å². The van der Waals surface area contributed by atoms with Gasteiger partial charge >= 0.3 is 6.18 Å². The SMILES string of the molecule is CC(C)C(NC(=O)c1cn(C2CCNCC2)nn1)c1cccc(C(F)(F)F)c1. The van der Waals surface area contributed by atoms with Crippen molar-refractivity contribution in [2.24, 2.45) is 5.92 Å². The highest BCUT2D eigenvalue weighted by molar-refractivity contribution is 5.92. The highest BCUT2D eigenvalue weighted by Gasteiger charge is 2.31. The van der Waals surface area contributed by atoms with Crippen molar-refractivity contribution in [3.8, 4) is 0 Å². The molecule has 1 amide bonds. The molecule has 1 aliphatic heterocycles. The van der Waals surface area contributed by atoms with E-state index in [2.05, 4.69) is 20.9 Å². The summed E-state index contributed by atoms with van der Waals surface area (Å²) in [4.78, 5) is 12.6. The molecule has 2 N–H and O–H groups in total. The molecule has 1 aliphatic rings. The first-order valence-electron chi connectivity index (χ1n) is 9.36. The summed E-state index contributed by atoms with van der Waals surface area (Å²) in [5.74, 6) is -0.553. The second kappa shape index (κ2) is 8.30. The van der Waals surface area contributed by atoms with Crippen molar-refractivity contribution < 1.29 is 18.0 Å². The van der Waals surface area contributed by atoms with Crippen LogP contribution in [0.25, 0.3) is 0 Å². The summed E-state index contributed by atoms with van der Waals surface area (Å²) in [6, 6.07) is 4.67. The Balaban J connectivity index is 1.76. The number of piperidine rings is 1. The minimum Gasteiger partial charge on any atom is -0.344 e. The third-order valence-corrected chi connectivity index (χ3v) is 4.95. The molecular formula is C19H24F3N5O. The summed E-state index contributed by atoms with van der Waals surface area (Å²) < 4.78 is 40.8. The molecule has 1 unspecified atom stereocenters. The van der Waals surface area contributed by atoms with Gasteiger partial charge in [0, 0.05) is 0 Å². The molecule has 0 saturated carbocycles. The van der Waals surface area contributed by atoms with Gasteiger partial charge in [0.05, 0.1) is 23.8 Å². The Hall–Kier alpha value is -2.42. The molecule has 0 aliphatic carbocycles. The van der Waals surface area contributed by atoms with E-state index in [1.165, 1.54) is 6.07 Å². The smallest absolute Gasteiger partial charge is 0.344 e. The second-order valence-corrected chi connectivity index (χ2v) is 7.38. The maximum absolute atomic E-state index is 13.0. The molecule has 0 radical (unpaired) electrons. The third-order valence-electron chi connectivity index (χ3n) is 4.95. The zero-order chi connectivity index (χ0) is 20.3. The lowest BCUT2D eigenvalue weighted by Gasteiger charge is -2.23. The van der Waals surface area contributed by atoms with E-state index in [9.17, 15) is 18.0 Å². The molecule has 1 atom stereocenters. The number of carbonyl (C=O) groups is 1. The van der Waals surface area contributed by atoms with Gasteiger partial charge in [0.15, 0.2) is 5.69 Å². The van der Waals surface area contributed by atoms with Crippen LogP contribution in [0.1, 0.15) is 60.4 Å². The van der Waals surface area contributed by atoms with Crippen LogP contribution in [0.4, 0.5) is 13.2 Å². The van der Waals surface area contributed by atoms with Crippen LogP contribution >= 0.6 is 0 Å². The standard InChI is InChI=1S/C19H24F3N5O/c1-12(2)17(13-4-3-5-14(10-13)19(20,21)22)24-18(28)16-11-27(26-25-16)15-6-8-23-9-7-15/h3-5,10-12,15,17,23H,6-9H2,1-2H3,(H,24,28). The van der Waals surface area contributed by atoms with E-state index in [1.807, 2.05) is 13.8 Å². The van der Waals surface area contributed by atoms with Gasteiger partial charge in [-0.1, -0.05) is 31.2 Å². The van der Waals surface area contributed by atoms with Crippen molar-refractivity contribution >= 4 is 5.91 Å². The van der Waals surface area contributed by atoms with E-state index in [0.717, 1.165) is 38.1 Å². The molecule has 1 saturated heterocycles. The van der Waals surface area contributed by atoms with Crippen molar-refractivity contribution in [3.05, 3.63) is 47.3 Å². The van der Waals surface area contributed by atoms with E-state index in [0.29, 0.717) is 5.56 Å². The predicted molar refractivity (Wildman–Crippen MR) is 97.7 cm³/mol. The third kappa shape index (κ3) is 4.70. The minimum atomic E-state index is -4.43. The summed E-state index contributed by atoms with van der Waals surface area (Å²) in [6.45, 7) is 5.46. The van der Waals surface area contributed by atoms with Crippen LogP contribution < -0.4 is 10.6 Å². The van der Waals surface area contributed by atoms with Gasteiger partial charge in [-0.25, -0.2) is 4.68 Å². The topological polar surface area (TPSA) is 71.8 Å². The molecule has 2 heterocycles. The van der Waals surface area contributed by atoms with Crippen molar-refractivity contribution in [2.45, 2.75) is 44.9 Å². The Morgan fingerprint density at radius 2 is 2.00 bits per heavy atom. The average Bonchev–Trinajstić information content (AvgIpc) is 3.16. The van der Waals surface area contributed by atoms with Gasteiger partial charge in [-0.05, 0) is 49.5 Å². The summed E-state index contributed by atoms with van der Waals surface area (Å²) in [5, 5.41) is 14.1. The Kier molecular flexibility index (Phi) is 6.02. The van der Waals surface area contributed by atoms with Crippen LogP contribution in [0.3, 0.4) is 0 Å². The Bertz CT molecular complexity index is 812. The first kappa shape index (κ1) is 20.3. The number of aromatic nitrogens is 3. The molecule has 0 bridgehead atoms.